The average molecular weight is 1010 g/mol. The molecule has 16 nitrogen and oxygen atoms in total. The highest BCUT2D eigenvalue weighted by molar-refractivity contribution is 7.15. The van der Waals surface area contributed by atoms with Crippen LogP contribution in [0.1, 0.15) is 131 Å². The van der Waals surface area contributed by atoms with Crippen LogP contribution in [-0.4, -0.2) is 92.2 Å². The van der Waals surface area contributed by atoms with Crippen LogP contribution in [0.2, 0.25) is 5.02 Å². The standard InChI is InChI=1S/C53H54BClN8O8S/c1-27-28(2)72-51-44(27)46(31-16-18-33(55)19-17-31)58-37(47-61-60-29(3)62(47)51)26-43(66)56-23-22-53-39-24-32(52(39,4)5)25-40(53)70-54(71-53)35-13-7-6-10-30(35)11-8-15-41(64)57-36-14-9-12-34-45(36)50(69)63(49(34)68)38-20-21-42(65)59-48(38)67/h6-7,9-10,12-14,16-19,32,37-40H,8,11,15,20-26H2,1-5H3,(H,56,66)(H,57,64)(H,59,65,67)/t32-,37+,38?,39-,40+,53-/m1/s1. The number of aliphatic imine (C=N–C) groups is 1. The van der Waals surface area contributed by atoms with Crippen LogP contribution < -0.4 is 21.4 Å². The Balaban J connectivity index is 0.763. The quantitative estimate of drug-likeness (QED) is 0.0844. The third kappa shape index (κ3) is 8.01. The van der Waals surface area contributed by atoms with Crippen LogP contribution in [0.25, 0.3) is 5.00 Å². The predicted octanol–water partition coefficient (Wildman–Crippen LogP) is 6.67. The number of fused-ring (bicyclic) bond motifs is 4. The summed E-state index contributed by atoms with van der Waals surface area (Å²) in [7, 11) is -0.650. The number of anilines is 1. The molecule has 12 rings (SSSR count). The van der Waals surface area contributed by atoms with Gasteiger partial charge >= 0.3 is 7.12 Å². The number of rotatable bonds is 13. The lowest BCUT2D eigenvalue weighted by atomic mass is 9.43. The molecule has 2 saturated heterocycles. The summed E-state index contributed by atoms with van der Waals surface area (Å²) in [5.74, 6) is -0.944. The van der Waals surface area contributed by atoms with E-state index in [1.165, 1.54) is 10.9 Å². The number of amides is 6. The van der Waals surface area contributed by atoms with Gasteiger partial charge in [0, 0.05) is 40.4 Å². The number of thiophene rings is 1. The number of hydrogen-bond donors (Lipinski definition) is 3. The molecule has 72 heavy (non-hydrogen) atoms. The highest BCUT2D eigenvalue weighted by atomic mass is 35.5. The molecular formula is C53H54BClN8O8S. The third-order valence-electron chi connectivity index (χ3n) is 16.2. The molecule has 370 valence electrons. The smallest absolute Gasteiger partial charge is 0.401 e. The number of carbonyl (C=O) groups is 6. The van der Waals surface area contributed by atoms with Crippen molar-refractivity contribution in [2.24, 2.45) is 22.2 Å². The first-order valence-corrected chi connectivity index (χ1v) is 25.9. The predicted molar refractivity (Wildman–Crippen MR) is 271 cm³/mol. The average Bonchev–Trinajstić information content (AvgIpc) is 4.06. The highest BCUT2D eigenvalue weighted by Gasteiger charge is 2.69. The molecule has 3 saturated carbocycles. The summed E-state index contributed by atoms with van der Waals surface area (Å²) in [5, 5.41) is 18.9. The van der Waals surface area contributed by atoms with E-state index in [-0.39, 0.29) is 71.7 Å². The molecule has 3 aromatic carbocycles. The summed E-state index contributed by atoms with van der Waals surface area (Å²) in [5.41, 5.74) is 5.37. The molecule has 19 heteroatoms. The van der Waals surface area contributed by atoms with Crippen molar-refractivity contribution in [3.05, 3.63) is 122 Å². The lowest BCUT2D eigenvalue weighted by Crippen LogP contribution is -2.67. The zero-order valence-electron chi connectivity index (χ0n) is 40.7. The monoisotopic (exact) mass is 1010 g/mol. The van der Waals surface area contributed by atoms with Crippen LogP contribution in [0.5, 0.6) is 0 Å². The molecule has 3 N–H and O–H groups in total. The Morgan fingerprint density at radius 3 is 2.51 bits per heavy atom. The van der Waals surface area contributed by atoms with Gasteiger partial charge in [-0.2, -0.15) is 0 Å². The second-order valence-corrected chi connectivity index (χ2v) is 22.2. The lowest BCUT2D eigenvalue weighted by molar-refractivity contribution is -0.209. The van der Waals surface area contributed by atoms with E-state index in [2.05, 4.69) is 53.8 Å². The van der Waals surface area contributed by atoms with Crippen LogP contribution in [-0.2, 0) is 34.9 Å². The molecule has 3 aliphatic carbocycles. The summed E-state index contributed by atoms with van der Waals surface area (Å²) in [4.78, 5) is 86.3. The number of aryl methyl sites for hydroxylation is 3. The van der Waals surface area contributed by atoms with E-state index in [4.69, 9.17) is 25.9 Å². The Labute approximate surface area is 425 Å². The topological polar surface area (TPSA) is 203 Å². The van der Waals surface area contributed by atoms with Crippen LogP contribution in [0.4, 0.5) is 5.69 Å². The Morgan fingerprint density at radius 1 is 0.944 bits per heavy atom. The molecule has 1 unspecified atom stereocenters. The molecule has 7 aliphatic rings. The normalized spacial score (nSPS) is 24.6. The van der Waals surface area contributed by atoms with Crippen LogP contribution in [0.15, 0.2) is 71.7 Å². The molecule has 2 bridgehead atoms. The molecule has 0 radical (unpaired) electrons. The molecule has 5 fully saturated rings. The minimum absolute atomic E-state index is 0.00579. The van der Waals surface area contributed by atoms with Gasteiger partial charge in [0.15, 0.2) is 5.82 Å². The first-order chi connectivity index (χ1) is 34.5. The van der Waals surface area contributed by atoms with Gasteiger partial charge in [-0.3, -0.25) is 48.5 Å². The van der Waals surface area contributed by atoms with Crippen LogP contribution >= 0.6 is 22.9 Å². The minimum atomic E-state index is -1.11. The van der Waals surface area contributed by atoms with Crippen molar-refractivity contribution in [1.82, 2.24) is 30.3 Å². The number of imide groups is 2. The van der Waals surface area contributed by atoms with Gasteiger partial charge < -0.3 is 19.9 Å². The van der Waals surface area contributed by atoms with Crippen molar-refractivity contribution in [2.75, 3.05) is 11.9 Å². The SMILES string of the molecule is Cc1sc2c(c1C)C(c1ccc(Cl)cc1)=N[C@@H](CC(=O)NCC[C@]13OB(c4ccccc4CCCC(=O)Nc4cccc5c4C(=O)N(C4CCC(=O)NC4=O)C5=O)O[C@H]1C[C@H]1C[C@@H]3C1(C)C)c1nnc(C)n1-2. The van der Waals surface area contributed by atoms with Gasteiger partial charge in [0.05, 0.1) is 40.7 Å². The van der Waals surface area contributed by atoms with E-state index in [0.29, 0.717) is 42.6 Å². The molecular weight excluding hydrogens is 955 g/mol. The zero-order valence-corrected chi connectivity index (χ0v) is 42.2. The Bertz CT molecular complexity index is 3150. The summed E-state index contributed by atoms with van der Waals surface area (Å²) < 4.78 is 16.1. The number of aromatic nitrogens is 3. The number of piperidine rings is 1. The molecule has 6 amide bonds. The van der Waals surface area contributed by atoms with Gasteiger partial charge in [-0.1, -0.05) is 67.9 Å². The maximum Gasteiger partial charge on any atom is 0.494 e. The van der Waals surface area contributed by atoms with Crippen molar-refractivity contribution < 1.29 is 38.1 Å². The summed E-state index contributed by atoms with van der Waals surface area (Å²) in [6.45, 7) is 11.1. The molecule has 6 atom stereocenters. The third-order valence-corrected chi connectivity index (χ3v) is 17.6. The summed E-state index contributed by atoms with van der Waals surface area (Å²) in [6, 6.07) is 18.5. The Kier molecular flexibility index (Phi) is 12.2. The largest absolute Gasteiger partial charge is 0.494 e. The second kappa shape index (κ2) is 18.3. The summed E-state index contributed by atoms with van der Waals surface area (Å²) >= 11 is 7.99. The zero-order chi connectivity index (χ0) is 50.4. The van der Waals surface area contributed by atoms with Crippen molar-refractivity contribution in [3.63, 3.8) is 0 Å². The van der Waals surface area contributed by atoms with E-state index < -0.39 is 48.4 Å². The first-order valence-electron chi connectivity index (χ1n) is 24.7. The Morgan fingerprint density at radius 2 is 1.74 bits per heavy atom. The fraction of sp³-hybridized carbons (Fsp3) is 0.415. The first kappa shape index (κ1) is 48.0. The van der Waals surface area contributed by atoms with E-state index in [9.17, 15) is 28.8 Å². The van der Waals surface area contributed by atoms with Crippen molar-refractivity contribution in [3.8, 4) is 5.00 Å². The van der Waals surface area contributed by atoms with Gasteiger partial charge in [0.25, 0.3) is 11.8 Å². The van der Waals surface area contributed by atoms with Crippen LogP contribution in [0, 0.1) is 38.0 Å². The number of nitrogens with one attached hydrogen (secondary N) is 3. The molecule has 5 aromatic rings. The van der Waals surface area contributed by atoms with E-state index in [1.807, 2.05) is 60.0 Å². The molecule has 6 heterocycles. The number of nitrogens with zero attached hydrogens (tertiary/aromatic N) is 5. The van der Waals surface area contributed by atoms with E-state index in [0.717, 1.165) is 62.0 Å². The number of benzene rings is 3. The van der Waals surface area contributed by atoms with Gasteiger partial charge in [0.2, 0.25) is 23.6 Å². The number of hydrogen-bond acceptors (Lipinski definition) is 12. The van der Waals surface area contributed by atoms with Gasteiger partial charge in [-0.05, 0) is 117 Å². The van der Waals surface area contributed by atoms with Gasteiger partial charge in [-0.25, -0.2) is 0 Å². The fourth-order valence-corrected chi connectivity index (χ4v) is 13.5. The minimum Gasteiger partial charge on any atom is -0.401 e. The lowest BCUT2D eigenvalue weighted by Gasteiger charge is -2.65. The fourth-order valence-electron chi connectivity index (χ4n) is 12.2. The van der Waals surface area contributed by atoms with Crippen molar-refractivity contribution in [2.45, 2.75) is 116 Å². The van der Waals surface area contributed by atoms with Gasteiger partial charge in [-0.15, -0.1) is 21.5 Å². The molecule has 2 aromatic heterocycles. The van der Waals surface area contributed by atoms with Gasteiger partial charge in [0.1, 0.15) is 22.9 Å². The highest BCUT2D eigenvalue weighted by Crippen LogP contribution is 2.66. The summed E-state index contributed by atoms with van der Waals surface area (Å²) in [6.07, 6.45) is 3.47. The Hall–Kier alpha value is -6.34. The maximum absolute atomic E-state index is 14.2. The number of halogens is 1. The van der Waals surface area contributed by atoms with Crippen molar-refractivity contribution in [1.29, 1.82) is 0 Å². The van der Waals surface area contributed by atoms with E-state index >= 15 is 0 Å². The molecule has 4 aliphatic heterocycles. The molecule has 0 spiro atoms. The van der Waals surface area contributed by atoms with Crippen molar-refractivity contribution >= 4 is 82.4 Å². The maximum atomic E-state index is 14.2. The number of carbonyl (C=O) groups excluding carboxylic acids is 6. The van der Waals surface area contributed by atoms with Crippen LogP contribution in [0.3, 0.4) is 0 Å². The second-order valence-electron chi connectivity index (χ2n) is 20.6. The van der Waals surface area contributed by atoms with E-state index in [1.54, 1.807) is 23.5 Å².